The molecule has 0 radical (unpaired) electrons. The molecule has 0 spiro atoms. The molecule has 176 valence electrons. The molecule has 1 unspecified atom stereocenters. The molecule has 1 aliphatic heterocycles. The van der Waals surface area contributed by atoms with Crippen molar-refractivity contribution < 1.29 is 9.90 Å². The minimum Gasteiger partial charge on any atom is -0.372 e. The third kappa shape index (κ3) is 4.06. The van der Waals surface area contributed by atoms with E-state index in [2.05, 4.69) is 45.0 Å². The summed E-state index contributed by atoms with van der Waals surface area (Å²) in [6.45, 7) is 9.01. The van der Waals surface area contributed by atoms with Crippen molar-refractivity contribution in [3.63, 3.8) is 0 Å². The lowest BCUT2D eigenvalue weighted by atomic mass is 9.85. The van der Waals surface area contributed by atoms with Gasteiger partial charge in [0.2, 0.25) is 0 Å². The van der Waals surface area contributed by atoms with E-state index in [1.165, 1.54) is 5.56 Å². The number of anilines is 1. The predicted octanol–water partition coefficient (Wildman–Crippen LogP) is 6.74. The van der Waals surface area contributed by atoms with Crippen LogP contribution in [0.1, 0.15) is 48.6 Å². The Balaban J connectivity index is 1.62. The Bertz CT molecular complexity index is 1370. The lowest BCUT2D eigenvalue weighted by Gasteiger charge is -2.24. The molecule has 35 heavy (non-hydrogen) atoms. The minimum atomic E-state index is -1.72. The SMILES string of the molecule is Cc1ccc(C2(O)C(=O)N(Cc3ccccc3)c3cc(-c4ccc(C(C)(C)C)cc4)ccc32)cc1. The number of rotatable bonds is 4. The van der Waals surface area contributed by atoms with Gasteiger partial charge in [-0.1, -0.05) is 117 Å². The van der Waals surface area contributed by atoms with E-state index in [1.54, 1.807) is 4.90 Å². The van der Waals surface area contributed by atoms with Crippen LogP contribution in [0.4, 0.5) is 5.69 Å². The van der Waals surface area contributed by atoms with Crippen LogP contribution >= 0.6 is 0 Å². The monoisotopic (exact) mass is 461 g/mol. The minimum absolute atomic E-state index is 0.0832. The number of nitrogens with zero attached hydrogens (tertiary/aromatic N) is 1. The summed E-state index contributed by atoms with van der Waals surface area (Å²) < 4.78 is 0. The fourth-order valence-electron chi connectivity index (χ4n) is 4.82. The van der Waals surface area contributed by atoms with Gasteiger partial charge in [0, 0.05) is 5.56 Å². The Kier molecular flexibility index (Phi) is 5.61. The Morgan fingerprint density at radius 2 is 1.43 bits per heavy atom. The van der Waals surface area contributed by atoms with E-state index in [0.717, 1.165) is 27.9 Å². The van der Waals surface area contributed by atoms with Gasteiger partial charge in [0.25, 0.3) is 5.91 Å². The molecule has 1 amide bonds. The number of hydrogen-bond donors (Lipinski definition) is 1. The summed E-state index contributed by atoms with van der Waals surface area (Å²) in [7, 11) is 0. The zero-order valence-electron chi connectivity index (χ0n) is 20.7. The molecular formula is C32H31NO2. The number of hydrogen-bond acceptors (Lipinski definition) is 2. The molecule has 0 bridgehead atoms. The molecule has 1 atom stereocenters. The average molecular weight is 462 g/mol. The summed E-state index contributed by atoms with van der Waals surface area (Å²) in [5.41, 5.74) is 5.80. The van der Waals surface area contributed by atoms with Gasteiger partial charge in [0.1, 0.15) is 0 Å². The summed E-state index contributed by atoms with van der Waals surface area (Å²) in [6.07, 6.45) is 0. The van der Waals surface area contributed by atoms with E-state index < -0.39 is 5.60 Å². The fourth-order valence-corrected chi connectivity index (χ4v) is 4.82. The van der Waals surface area contributed by atoms with Gasteiger partial charge in [-0.3, -0.25) is 4.79 Å². The van der Waals surface area contributed by atoms with Crippen molar-refractivity contribution in [2.45, 2.75) is 45.3 Å². The third-order valence-electron chi connectivity index (χ3n) is 6.97. The second-order valence-electron chi connectivity index (χ2n) is 10.5. The van der Waals surface area contributed by atoms with Gasteiger partial charge in [-0.25, -0.2) is 0 Å². The molecule has 3 heteroatoms. The number of aliphatic hydroxyl groups is 1. The third-order valence-corrected chi connectivity index (χ3v) is 6.97. The largest absolute Gasteiger partial charge is 0.372 e. The number of carbonyl (C=O) groups is 1. The van der Waals surface area contributed by atoms with Crippen molar-refractivity contribution >= 4 is 11.6 Å². The molecule has 1 N–H and O–H groups in total. The molecule has 1 heterocycles. The molecule has 3 nitrogen and oxygen atoms in total. The maximum absolute atomic E-state index is 13.9. The molecule has 0 saturated heterocycles. The second-order valence-corrected chi connectivity index (χ2v) is 10.5. The average Bonchev–Trinajstić information content (AvgIpc) is 3.07. The van der Waals surface area contributed by atoms with Crippen molar-refractivity contribution in [3.8, 4) is 11.1 Å². The van der Waals surface area contributed by atoms with Crippen LogP contribution in [0.5, 0.6) is 0 Å². The highest BCUT2D eigenvalue weighted by Gasteiger charge is 2.51. The van der Waals surface area contributed by atoms with Crippen LogP contribution in [-0.2, 0) is 22.4 Å². The highest BCUT2D eigenvalue weighted by atomic mass is 16.3. The van der Waals surface area contributed by atoms with Crippen LogP contribution in [-0.4, -0.2) is 11.0 Å². The standard InChI is InChI=1S/C32H31NO2/c1-22-10-15-27(16-11-22)32(35)28-19-14-25(24-12-17-26(18-13-24)31(2,3)4)20-29(28)33(30(32)34)21-23-8-6-5-7-9-23/h5-20,35H,21H2,1-4H3. The van der Waals surface area contributed by atoms with Crippen LogP contribution in [0, 0.1) is 6.92 Å². The molecule has 1 aliphatic rings. The van der Waals surface area contributed by atoms with Crippen LogP contribution in [0.15, 0.2) is 97.1 Å². The second kappa shape index (κ2) is 8.51. The van der Waals surface area contributed by atoms with E-state index in [0.29, 0.717) is 17.7 Å². The summed E-state index contributed by atoms with van der Waals surface area (Å²) in [5.74, 6) is -0.319. The number of amides is 1. The first-order valence-corrected chi connectivity index (χ1v) is 12.1. The van der Waals surface area contributed by atoms with Gasteiger partial charge in [0.15, 0.2) is 5.60 Å². The van der Waals surface area contributed by atoms with Gasteiger partial charge in [0.05, 0.1) is 12.2 Å². The zero-order valence-corrected chi connectivity index (χ0v) is 20.7. The topological polar surface area (TPSA) is 40.5 Å². The van der Waals surface area contributed by atoms with E-state index in [4.69, 9.17) is 0 Å². The molecule has 0 saturated carbocycles. The first-order valence-electron chi connectivity index (χ1n) is 12.1. The van der Waals surface area contributed by atoms with Gasteiger partial charge >= 0.3 is 0 Å². The maximum atomic E-state index is 13.9. The summed E-state index contributed by atoms with van der Waals surface area (Å²) >= 11 is 0. The van der Waals surface area contributed by atoms with Crippen LogP contribution in [0.2, 0.25) is 0 Å². The Hall–Kier alpha value is -3.69. The smallest absolute Gasteiger partial charge is 0.268 e. The normalized spacial score (nSPS) is 17.5. The van der Waals surface area contributed by atoms with Gasteiger partial charge < -0.3 is 10.0 Å². The molecule has 4 aromatic carbocycles. The first kappa shape index (κ1) is 23.1. The van der Waals surface area contributed by atoms with Crippen LogP contribution in [0.3, 0.4) is 0 Å². The summed E-state index contributed by atoms with van der Waals surface area (Å²) in [6, 6.07) is 32.0. The number of aryl methyl sites for hydroxylation is 1. The van der Waals surface area contributed by atoms with Crippen molar-refractivity contribution in [1.29, 1.82) is 0 Å². The number of fused-ring (bicyclic) bond motifs is 1. The summed E-state index contributed by atoms with van der Waals surface area (Å²) in [4.78, 5) is 15.6. The van der Waals surface area contributed by atoms with Crippen LogP contribution < -0.4 is 4.90 Å². The summed E-state index contributed by atoms with van der Waals surface area (Å²) in [5, 5.41) is 11.9. The van der Waals surface area contributed by atoms with Crippen molar-refractivity contribution in [3.05, 3.63) is 125 Å². The van der Waals surface area contributed by atoms with Gasteiger partial charge in [-0.05, 0) is 46.2 Å². The maximum Gasteiger partial charge on any atom is 0.268 e. The van der Waals surface area contributed by atoms with Gasteiger partial charge in [-0.2, -0.15) is 0 Å². The van der Waals surface area contributed by atoms with Crippen molar-refractivity contribution in [2.24, 2.45) is 0 Å². The quantitative estimate of drug-likeness (QED) is 0.365. The van der Waals surface area contributed by atoms with Crippen LogP contribution in [0.25, 0.3) is 11.1 Å². The van der Waals surface area contributed by atoms with E-state index in [-0.39, 0.29) is 11.3 Å². The van der Waals surface area contributed by atoms with Gasteiger partial charge in [-0.15, -0.1) is 0 Å². The van der Waals surface area contributed by atoms with E-state index >= 15 is 0 Å². The lowest BCUT2D eigenvalue weighted by molar-refractivity contribution is -0.132. The predicted molar refractivity (Wildman–Crippen MR) is 142 cm³/mol. The Morgan fingerprint density at radius 3 is 2.06 bits per heavy atom. The van der Waals surface area contributed by atoms with Crippen molar-refractivity contribution in [2.75, 3.05) is 4.90 Å². The Morgan fingerprint density at radius 1 is 0.800 bits per heavy atom. The highest BCUT2D eigenvalue weighted by Crippen LogP contribution is 2.46. The molecular weight excluding hydrogens is 430 g/mol. The number of carbonyl (C=O) groups excluding carboxylic acids is 1. The fraction of sp³-hybridized carbons (Fsp3) is 0.219. The lowest BCUT2D eigenvalue weighted by Crippen LogP contribution is -2.40. The first-order chi connectivity index (χ1) is 16.7. The molecule has 0 fully saturated rings. The molecule has 0 aliphatic carbocycles. The molecule has 4 aromatic rings. The highest BCUT2D eigenvalue weighted by molar-refractivity contribution is 6.09. The number of benzene rings is 4. The molecule has 0 aromatic heterocycles. The van der Waals surface area contributed by atoms with Crippen molar-refractivity contribution in [1.82, 2.24) is 0 Å². The van der Waals surface area contributed by atoms with E-state index in [9.17, 15) is 9.90 Å². The molecule has 5 rings (SSSR count). The Labute approximate surface area is 207 Å². The zero-order chi connectivity index (χ0) is 24.8. The van der Waals surface area contributed by atoms with E-state index in [1.807, 2.05) is 79.7 Å².